The van der Waals surface area contributed by atoms with E-state index in [1.54, 1.807) is 11.8 Å². The maximum atomic E-state index is 4.38. The number of hydrogen-bond donors (Lipinski definition) is 0. The number of thioether (sulfide) groups is 1. The van der Waals surface area contributed by atoms with Gasteiger partial charge < -0.3 is 4.90 Å². The zero-order valence-corrected chi connectivity index (χ0v) is 14.1. The predicted octanol–water partition coefficient (Wildman–Crippen LogP) is 4.23. The van der Waals surface area contributed by atoms with Crippen LogP contribution in [0.1, 0.15) is 0 Å². The molecule has 0 fully saturated rings. The highest BCUT2D eigenvalue weighted by Gasteiger charge is 2.22. The third-order valence-electron chi connectivity index (χ3n) is 3.60. The largest absolute Gasteiger partial charge is 0.344 e. The van der Waals surface area contributed by atoms with Crippen LogP contribution in [-0.2, 0) is 6.67 Å². The van der Waals surface area contributed by atoms with Crippen molar-refractivity contribution >= 4 is 33.4 Å². The van der Waals surface area contributed by atoms with Gasteiger partial charge in [0.2, 0.25) is 0 Å². The molecule has 2 aromatic carbocycles. The van der Waals surface area contributed by atoms with Crippen molar-refractivity contribution in [2.75, 3.05) is 10.8 Å². The number of rotatable bonds is 2. The number of para-hydroxylation sites is 1. The Labute approximate surface area is 141 Å². The summed E-state index contributed by atoms with van der Waals surface area (Å²) in [6.07, 6.45) is 0. The maximum Gasteiger partial charge on any atom is 0.194 e. The van der Waals surface area contributed by atoms with Crippen molar-refractivity contribution in [2.45, 2.75) is 11.8 Å². The summed E-state index contributed by atoms with van der Waals surface area (Å²) in [5.74, 6) is 1.80. The van der Waals surface area contributed by atoms with E-state index in [4.69, 9.17) is 0 Å². The second-order valence-corrected chi connectivity index (χ2v) is 6.86. The van der Waals surface area contributed by atoms with E-state index >= 15 is 0 Å². The fourth-order valence-corrected chi connectivity index (χ4v) is 3.64. The Bertz CT molecular complexity index is 786. The van der Waals surface area contributed by atoms with E-state index in [2.05, 4.69) is 72.0 Å². The summed E-state index contributed by atoms with van der Waals surface area (Å²) in [5, 5.41) is 9.67. The minimum absolute atomic E-state index is 0.769. The fraction of sp³-hybridized carbons (Fsp3) is 0.125. The molecule has 3 aromatic rings. The Hall–Kier alpha value is -1.79. The molecule has 4 nitrogen and oxygen atoms in total. The number of benzene rings is 2. The van der Waals surface area contributed by atoms with Gasteiger partial charge in [-0.15, -0.1) is 10.2 Å². The summed E-state index contributed by atoms with van der Waals surface area (Å²) in [6.45, 7) is 0.769. The molecule has 4 rings (SSSR count). The second kappa shape index (κ2) is 5.78. The normalized spacial score (nSPS) is 14.0. The minimum atomic E-state index is 0.769. The van der Waals surface area contributed by atoms with Crippen molar-refractivity contribution in [3.05, 3.63) is 59.1 Å². The third-order valence-corrected chi connectivity index (χ3v) is 5.13. The smallest absolute Gasteiger partial charge is 0.194 e. The van der Waals surface area contributed by atoms with E-state index in [0.29, 0.717) is 0 Å². The van der Waals surface area contributed by atoms with Crippen LogP contribution < -0.4 is 4.90 Å². The van der Waals surface area contributed by atoms with Crippen LogP contribution >= 0.6 is 27.7 Å². The quantitative estimate of drug-likeness (QED) is 0.673. The first-order chi connectivity index (χ1) is 10.8. The number of nitrogens with zero attached hydrogens (tertiary/aromatic N) is 4. The molecule has 22 heavy (non-hydrogen) atoms. The molecule has 0 atom stereocenters. The van der Waals surface area contributed by atoms with Crippen molar-refractivity contribution in [3.8, 4) is 11.4 Å². The Morgan fingerprint density at radius 1 is 0.955 bits per heavy atom. The first kappa shape index (κ1) is 13.8. The lowest BCUT2D eigenvalue weighted by molar-refractivity contribution is 0.608. The highest BCUT2D eigenvalue weighted by molar-refractivity contribution is 9.10. The molecule has 0 radical (unpaired) electrons. The van der Waals surface area contributed by atoms with Crippen LogP contribution in [-0.4, -0.2) is 20.6 Å². The number of fused-ring (bicyclic) bond motifs is 1. The summed E-state index contributed by atoms with van der Waals surface area (Å²) in [7, 11) is 0. The molecule has 0 amide bonds. The molecule has 0 saturated carbocycles. The number of aromatic nitrogens is 3. The molecule has 110 valence electrons. The van der Waals surface area contributed by atoms with Crippen LogP contribution in [0.4, 0.5) is 5.69 Å². The predicted molar refractivity (Wildman–Crippen MR) is 92.8 cm³/mol. The standard InChI is InChI=1S/C16H13BrN4S/c17-13-8-6-12(7-9-13)15-18-19-16-21(15)10-20(11-22-16)14-4-2-1-3-5-14/h1-9H,10-11H2. The van der Waals surface area contributed by atoms with Crippen LogP contribution in [0.15, 0.2) is 64.2 Å². The van der Waals surface area contributed by atoms with E-state index < -0.39 is 0 Å². The van der Waals surface area contributed by atoms with Gasteiger partial charge >= 0.3 is 0 Å². The van der Waals surface area contributed by atoms with Gasteiger partial charge in [-0.1, -0.05) is 58.0 Å². The zero-order chi connectivity index (χ0) is 14.9. The average molecular weight is 373 g/mol. The van der Waals surface area contributed by atoms with Crippen molar-refractivity contribution < 1.29 is 0 Å². The summed E-state index contributed by atoms with van der Waals surface area (Å²) < 4.78 is 3.24. The van der Waals surface area contributed by atoms with Crippen molar-refractivity contribution in [1.29, 1.82) is 0 Å². The maximum absolute atomic E-state index is 4.38. The molecular formula is C16H13BrN4S. The van der Waals surface area contributed by atoms with E-state index in [9.17, 15) is 0 Å². The molecule has 0 bridgehead atoms. The summed E-state index contributed by atoms with van der Waals surface area (Å²) in [5.41, 5.74) is 2.30. The van der Waals surface area contributed by atoms with Crippen LogP contribution in [0.3, 0.4) is 0 Å². The summed E-state index contributed by atoms with van der Waals surface area (Å²) in [6, 6.07) is 18.6. The molecule has 1 aliphatic rings. The number of hydrogen-bond acceptors (Lipinski definition) is 4. The van der Waals surface area contributed by atoms with Crippen LogP contribution in [0.25, 0.3) is 11.4 Å². The molecular weight excluding hydrogens is 360 g/mol. The second-order valence-electron chi connectivity index (χ2n) is 5.03. The molecule has 6 heteroatoms. The minimum Gasteiger partial charge on any atom is -0.344 e. The van der Waals surface area contributed by atoms with Gasteiger partial charge in [0.15, 0.2) is 11.0 Å². The molecule has 1 aliphatic heterocycles. The van der Waals surface area contributed by atoms with E-state index in [1.807, 2.05) is 18.2 Å². The Morgan fingerprint density at radius 2 is 1.73 bits per heavy atom. The van der Waals surface area contributed by atoms with Crippen LogP contribution in [0, 0.1) is 0 Å². The Balaban J connectivity index is 1.69. The van der Waals surface area contributed by atoms with Gasteiger partial charge in [-0.25, -0.2) is 0 Å². The van der Waals surface area contributed by atoms with Crippen LogP contribution in [0.5, 0.6) is 0 Å². The fourth-order valence-electron chi connectivity index (χ4n) is 2.48. The summed E-state index contributed by atoms with van der Waals surface area (Å²) in [4.78, 5) is 2.32. The van der Waals surface area contributed by atoms with Crippen LogP contribution in [0.2, 0.25) is 0 Å². The first-order valence-electron chi connectivity index (χ1n) is 6.93. The lowest BCUT2D eigenvalue weighted by atomic mass is 10.2. The highest BCUT2D eigenvalue weighted by atomic mass is 79.9. The zero-order valence-electron chi connectivity index (χ0n) is 11.7. The van der Waals surface area contributed by atoms with Gasteiger partial charge in [0.1, 0.15) is 0 Å². The van der Waals surface area contributed by atoms with Gasteiger partial charge in [0.05, 0.1) is 12.5 Å². The van der Waals surface area contributed by atoms with Crippen molar-refractivity contribution in [2.24, 2.45) is 0 Å². The Morgan fingerprint density at radius 3 is 2.50 bits per heavy atom. The molecule has 0 unspecified atom stereocenters. The van der Waals surface area contributed by atoms with E-state index in [0.717, 1.165) is 33.6 Å². The monoisotopic (exact) mass is 372 g/mol. The van der Waals surface area contributed by atoms with Gasteiger partial charge in [-0.05, 0) is 24.3 Å². The topological polar surface area (TPSA) is 34.0 Å². The summed E-state index contributed by atoms with van der Waals surface area (Å²) >= 11 is 5.18. The molecule has 2 heterocycles. The molecule has 1 aromatic heterocycles. The van der Waals surface area contributed by atoms with E-state index in [1.165, 1.54) is 5.69 Å². The van der Waals surface area contributed by atoms with E-state index in [-0.39, 0.29) is 0 Å². The van der Waals surface area contributed by atoms with Gasteiger partial charge in [0.25, 0.3) is 0 Å². The van der Waals surface area contributed by atoms with Crippen molar-refractivity contribution in [3.63, 3.8) is 0 Å². The third kappa shape index (κ3) is 2.53. The van der Waals surface area contributed by atoms with Gasteiger partial charge in [0, 0.05) is 15.7 Å². The first-order valence-corrected chi connectivity index (χ1v) is 8.71. The number of anilines is 1. The van der Waals surface area contributed by atoms with Gasteiger partial charge in [-0.2, -0.15) is 0 Å². The molecule has 0 saturated heterocycles. The lowest BCUT2D eigenvalue weighted by Gasteiger charge is -2.29. The van der Waals surface area contributed by atoms with Crippen molar-refractivity contribution in [1.82, 2.24) is 14.8 Å². The average Bonchev–Trinajstić information content (AvgIpc) is 2.99. The molecule has 0 aliphatic carbocycles. The molecule has 0 N–H and O–H groups in total. The highest BCUT2D eigenvalue weighted by Crippen LogP contribution is 2.31. The van der Waals surface area contributed by atoms with Gasteiger partial charge in [-0.3, -0.25) is 4.57 Å². The molecule has 0 spiro atoms. The lowest BCUT2D eigenvalue weighted by Crippen LogP contribution is -2.30. The number of halogens is 1. The SMILES string of the molecule is Brc1ccc(-c2nnc3n2CN(c2ccccc2)CS3)cc1. The Kier molecular flexibility index (Phi) is 3.63.